The number of amides is 1. The molecule has 0 bridgehead atoms. The van der Waals surface area contributed by atoms with Crippen molar-refractivity contribution in [3.63, 3.8) is 0 Å². The van der Waals surface area contributed by atoms with Gasteiger partial charge in [0.25, 0.3) is 5.91 Å². The monoisotopic (exact) mass is 157 g/mol. The first-order valence-corrected chi connectivity index (χ1v) is 3.76. The number of hydrogen-bond donors (Lipinski definition) is 1. The van der Waals surface area contributed by atoms with Gasteiger partial charge in [0.15, 0.2) is 0 Å². The summed E-state index contributed by atoms with van der Waals surface area (Å²) in [7, 11) is 0. The highest BCUT2D eigenvalue weighted by atomic mass is 16.2. The molecule has 0 aromatic carbocycles. The van der Waals surface area contributed by atoms with Gasteiger partial charge >= 0.3 is 0 Å². The van der Waals surface area contributed by atoms with Crippen LogP contribution in [0.5, 0.6) is 0 Å². The van der Waals surface area contributed by atoms with Gasteiger partial charge in [-0.25, -0.2) is 0 Å². The summed E-state index contributed by atoms with van der Waals surface area (Å²) in [6.45, 7) is 5.45. The summed E-state index contributed by atoms with van der Waals surface area (Å²) in [4.78, 5) is 21.6. The molecule has 0 fully saturated rings. The molecule has 0 saturated carbocycles. The van der Waals surface area contributed by atoms with Gasteiger partial charge in [-0.3, -0.25) is 9.59 Å². The van der Waals surface area contributed by atoms with Crippen molar-refractivity contribution in [2.45, 2.75) is 33.6 Å². The van der Waals surface area contributed by atoms with E-state index in [2.05, 4.69) is 0 Å². The fourth-order valence-corrected chi connectivity index (χ4v) is 1.07. The third-order valence-corrected chi connectivity index (χ3v) is 1.71. The SMILES string of the molecule is CCCC(C)(C)C(=O)C(N)=O. The quantitative estimate of drug-likeness (QED) is 0.615. The van der Waals surface area contributed by atoms with Crippen LogP contribution >= 0.6 is 0 Å². The highest BCUT2D eigenvalue weighted by Crippen LogP contribution is 2.22. The Balaban J connectivity index is 4.29. The van der Waals surface area contributed by atoms with Crippen molar-refractivity contribution in [1.29, 1.82) is 0 Å². The van der Waals surface area contributed by atoms with Gasteiger partial charge in [-0.15, -0.1) is 0 Å². The molecule has 0 aliphatic heterocycles. The van der Waals surface area contributed by atoms with E-state index in [1.807, 2.05) is 6.92 Å². The maximum absolute atomic E-state index is 11.1. The van der Waals surface area contributed by atoms with Crippen LogP contribution in [0.4, 0.5) is 0 Å². The van der Waals surface area contributed by atoms with Crippen molar-refractivity contribution < 1.29 is 9.59 Å². The third-order valence-electron chi connectivity index (χ3n) is 1.71. The Labute approximate surface area is 67.0 Å². The normalized spacial score (nSPS) is 11.2. The number of nitrogens with two attached hydrogens (primary N) is 1. The summed E-state index contributed by atoms with van der Waals surface area (Å²) in [5.74, 6) is -1.30. The average molecular weight is 157 g/mol. The maximum Gasteiger partial charge on any atom is 0.285 e. The predicted octanol–water partition coefficient (Wildman–Crippen LogP) is 0.867. The van der Waals surface area contributed by atoms with Gasteiger partial charge in [0, 0.05) is 5.41 Å². The Kier molecular flexibility index (Phi) is 3.23. The molecule has 0 aromatic rings. The Morgan fingerprint density at radius 2 is 1.82 bits per heavy atom. The maximum atomic E-state index is 11.1. The van der Waals surface area contributed by atoms with Crippen molar-refractivity contribution in [2.75, 3.05) is 0 Å². The summed E-state index contributed by atoms with van der Waals surface area (Å²) < 4.78 is 0. The molecule has 0 aromatic heterocycles. The van der Waals surface area contributed by atoms with Crippen LogP contribution in [0.2, 0.25) is 0 Å². The van der Waals surface area contributed by atoms with Crippen LogP contribution in [0, 0.1) is 5.41 Å². The molecule has 3 heteroatoms. The molecule has 1 amide bonds. The van der Waals surface area contributed by atoms with E-state index in [1.165, 1.54) is 0 Å². The lowest BCUT2D eigenvalue weighted by molar-refractivity contribution is -0.141. The molecule has 0 aliphatic carbocycles. The van der Waals surface area contributed by atoms with Crippen LogP contribution in [0.15, 0.2) is 0 Å². The van der Waals surface area contributed by atoms with Gasteiger partial charge in [0.2, 0.25) is 5.78 Å². The lowest BCUT2D eigenvalue weighted by Gasteiger charge is -2.19. The summed E-state index contributed by atoms with van der Waals surface area (Å²) in [5, 5.41) is 0. The van der Waals surface area contributed by atoms with Gasteiger partial charge in [-0.05, 0) is 6.42 Å². The standard InChI is InChI=1S/C8H15NO2/c1-4-5-8(2,3)6(10)7(9)11/h4-5H2,1-3H3,(H2,9,11). The lowest BCUT2D eigenvalue weighted by atomic mass is 9.83. The molecule has 64 valence electrons. The average Bonchev–Trinajstić information content (AvgIpc) is 1.86. The Bertz CT molecular complexity index is 173. The topological polar surface area (TPSA) is 60.2 Å². The number of carbonyl (C=O) groups excluding carboxylic acids is 2. The van der Waals surface area contributed by atoms with Crippen LogP contribution in [0.3, 0.4) is 0 Å². The molecule has 0 saturated heterocycles. The van der Waals surface area contributed by atoms with E-state index in [0.717, 1.165) is 6.42 Å². The minimum Gasteiger partial charge on any atom is -0.363 e. The van der Waals surface area contributed by atoms with Gasteiger partial charge in [-0.1, -0.05) is 27.2 Å². The first kappa shape index (κ1) is 10.1. The van der Waals surface area contributed by atoms with Crippen molar-refractivity contribution in [1.82, 2.24) is 0 Å². The minimum atomic E-state index is -0.830. The molecule has 0 unspecified atom stereocenters. The van der Waals surface area contributed by atoms with E-state index in [4.69, 9.17) is 5.73 Å². The Hall–Kier alpha value is -0.860. The van der Waals surface area contributed by atoms with Crippen molar-refractivity contribution >= 4 is 11.7 Å². The molecule has 0 atom stereocenters. The summed E-state index contributed by atoms with van der Waals surface area (Å²) in [6.07, 6.45) is 1.58. The van der Waals surface area contributed by atoms with Crippen LogP contribution in [0.1, 0.15) is 33.6 Å². The van der Waals surface area contributed by atoms with E-state index in [1.54, 1.807) is 13.8 Å². The van der Waals surface area contributed by atoms with Crippen LogP contribution in [-0.2, 0) is 9.59 Å². The van der Waals surface area contributed by atoms with E-state index < -0.39 is 17.1 Å². The third kappa shape index (κ3) is 2.70. The number of ketones is 1. The number of Topliss-reactive ketones (excluding diaryl/α,β-unsaturated/α-hetero) is 1. The highest BCUT2D eigenvalue weighted by Gasteiger charge is 2.30. The van der Waals surface area contributed by atoms with Crippen LogP contribution in [0.25, 0.3) is 0 Å². The zero-order valence-electron chi connectivity index (χ0n) is 7.31. The fourth-order valence-electron chi connectivity index (χ4n) is 1.07. The minimum absolute atomic E-state index is 0.473. The summed E-state index contributed by atoms with van der Waals surface area (Å²) in [5.41, 5.74) is 4.28. The predicted molar refractivity (Wildman–Crippen MR) is 42.9 cm³/mol. The molecule has 3 nitrogen and oxygen atoms in total. The molecular formula is C8H15NO2. The van der Waals surface area contributed by atoms with Gasteiger partial charge < -0.3 is 5.73 Å². The van der Waals surface area contributed by atoms with E-state index in [-0.39, 0.29) is 0 Å². The highest BCUT2D eigenvalue weighted by molar-refractivity contribution is 6.37. The largest absolute Gasteiger partial charge is 0.363 e. The van der Waals surface area contributed by atoms with E-state index >= 15 is 0 Å². The van der Waals surface area contributed by atoms with Gasteiger partial charge in [0.1, 0.15) is 0 Å². The number of hydrogen-bond acceptors (Lipinski definition) is 2. The Morgan fingerprint density at radius 1 is 1.36 bits per heavy atom. The molecule has 0 heterocycles. The van der Waals surface area contributed by atoms with Crippen LogP contribution < -0.4 is 5.73 Å². The molecule has 0 radical (unpaired) electrons. The van der Waals surface area contributed by atoms with E-state index in [0.29, 0.717) is 6.42 Å². The number of primary amides is 1. The molecule has 0 spiro atoms. The Morgan fingerprint density at radius 3 is 2.09 bits per heavy atom. The second-order valence-electron chi connectivity index (χ2n) is 3.33. The second-order valence-corrected chi connectivity index (χ2v) is 3.33. The van der Waals surface area contributed by atoms with Crippen molar-refractivity contribution in [3.05, 3.63) is 0 Å². The fraction of sp³-hybridized carbons (Fsp3) is 0.750. The molecule has 0 aliphatic rings. The van der Waals surface area contributed by atoms with Crippen LogP contribution in [-0.4, -0.2) is 11.7 Å². The zero-order valence-corrected chi connectivity index (χ0v) is 7.31. The van der Waals surface area contributed by atoms with Crippen molar-refractivity contribution in [2.24, 2.45) is 11.1 Å². The smallest absolute Gasteiger partial charge is 0.285 e. The number of carbonyl (C=O) groups is 2. The molecular weight excluding hydrogens is 142 g/mol. The van der Waals surface area contributed by atoms with Gasteiger partial charge in [-0.2, -0.15) is 0 Å². The zero-order chi connectivity index (χ0) is 9.07. The molecule has 0 rings (SSSR count). The van der Waals surface area contributed by atoms with Gasteiger partial charge in [0.05, 0.1) is 0 Å². The van der Waals surface area contributed by atoms with E-state index in [9.17, 15) is 9.59 Å². The molecule has 11 heavy (non-hydrogen) atoms. The number of rotatable bonds is 4. The first-order valence-electron chi connectivity index (χ1n) is 3.76. The van der Waals surface area contributed by atoms with Crippen molar-refractivity contribution in [3.8, 4) is 0 Å². The summed E-state index contributed by atoms with van der Waals surface area (Å²) in [6, 6.07) is 0. The molecule has 2 N–H and O–H groups in total. The lowest BCUT2D eigenvalue weighted by Crippen LogP contribution is -2.35. The second kappa shape index (κ2) is 3.51. The summed E-state index contributed by atoms with van der Waals surface area (Å²) >= 11 is 0. The first-order chi connectivity index (χ1) is 4.91.